The lowest BCUT2D eigenvalue weighted by atomic mass is 10.1. The summed E-state index contributed by atoms with van der Waals surface area (Å²) >= 11 is 1.63. The fourth-order valence-corrected chi connectivity index (χ4v) is 3.29. The van der Waals surface area contributed by atoms with E-state index in [-0.39, 0.29) is 0 Å². The fourth-order valence-electron chi connectivity index (χ4n) is 2.45. The van der Waals surface area contributed by atoms with E-state index >= 15 is 0 Å². The Balaban J connectivity index is 1.74. The van der Waals surface area contributed by atoms with Gasteiger partial charge in [0, 0.05) is 18.3 Å². The molecule has 6 heteroatoms. The Morgan fingerprint density at radius 3 is 2.71 bits per heavy atom. The molecule has 0 amide bonds. The van der Waals surface area contributed by atoms with Gasteiger partial charge in [0.25, 0.3) is 0 Å². The summed E-state index contributed by atoms with van der Waals surface area (Å²) in [5, 5.41) is 2.01. The molecule has 0 bridgehead atoms. The standard InChI is InChI=1S/C18H21N5S/c1-23(2)10-3-9-20-12-13-4-6-14(7-5-13)16-17-15(8-11-24-17)21-18(19)22-16/h4-8,11-12H,3,9-10H2,1-2H3,(H2,19,21,22). The number of hydrogen-bond donors (Lipinski definition) is 1. The maximum atomic E-state index is 5.82. The number of rotatable bonds is 6. The average Bonchev–Trinajstić information content (AvgIpc) is 3.02. The zero-order valence-corrected chi connectivity index (χ0v) is 14.8. The number of benzene rings is 1. The van der Waals surface area contributed by atoms with Gasteiger partial charge in [0.2, 0.25) is 5.95 Å². The first-order chi connectivity index (χ1) is 11.6. The lowest BCUT2D eigenvalue weighted by Gasteiger charge is -2.06. The highest BCUT2D eigenvalue weighted by molar-refractivity contribution is 7.17. The van der Waals surface area contributed by atoms with Gasteiger partial charge in [0.15, 0.2) is 0 Å². The van der Waals surface area contributed by atoms with Crippen molar-refractivity contribution in [2.24, 2.45) is 4.99 Å². The summed E-state index contributed by atoms with van der Waals surface area (Å²) in [5.41, 5.74) is 9.75. The number of nitrogen functional groups attached to an aromatic ring is 1. The summed E-state index contributed by atoms with van der Waals surface area (Å²) < 4.78 is 1.06. The fraction of sp³-hybridized carbons (Fsp3) is 0.278. The molecule has 0 aliphatic carbocycles. The zero-order chi connectivity index (χ0) is 16.9. The molecular weight excluding hydrogens is 318 g/mol. The van der Waals surface area contributed by atoms with Gasteiger partial charge >= 0.3 is 0 Å². The van der Waals surface area contributed by atoms with Crippen molar-refractivity contribution in [1.82, 2.24) is 14.9 Å². The lowest BCUT2D eigenvalue weighted by Crippen LogP contribution is -2.13. The molecule has 2 heterocycles. The van der Waals surface area contributed by atoms with Gasteiger partial charge in [-0.05, 0) is 44.1 Å². The van der Waals surface area contributed by atoms with Crippen LogP contribution in [0, 0.1) is 0 Å². The van der Waals surface area contributed by atoms with Crippen molar-refractivity contribution in [3.05, 3.63) is 41.3 Å². The Kier molecular flexibility index (Phi) is 5.17. The highest BCUT2D eigenvalue weighted by atomic mass is 32.1. The van der Waals surface area contributed by atoms with Gasteiger partial charge < -0.3 is 10.6 Å². The zero-order valence-electron chi connectivity index (χ0n) is 13.9. The molecule has 2 aromatic heterocycles. The molecule has 1 aromatic carbocycles. The van der Waals surface area contributed by atoms with E-state index in [0.717, 1.165) is 46.5 Å². The number of thiophene rings is 1. The molecule has 2 N–H and O–H groups in total. The van der Waals surface area contributed by atoms with Crippen molar-refractivity contribution in [2.45, 2.75) is 6.42 Å². The lowest BCUT2D eigenvalue weighted by molar-refractivity contribution is 0.403. The van der Waals surface area contributed by atoms with Gasteiger partial charge in [-0.2, -0.15) is 0 Å². The second kappa shape index (κ2) is 7.51. The van der Waals surface area contributed by atoms with Gasteiger partial charge in [-0.3, -0.25) is 4.99 Å². The van der Waals surface area contributed by atoms with E-state index in [2.05, 4.69) is 58.2 Å². The Bertz CT molecular complexity index is 836. The monoisotopic (exact) mass is 339 g/mol. The molecule has 0 unspecified atom stereocenters. The van der Waals surface area contributed by atoms with Crippen LogP contribution in [0.3, 0.4) is 0 Å². The molecular formula is C18H21N5S. The second-order valence-corrected chi connectivity index (χ2v) is 6.80. The van der Waals surface area contributed by atoms with Crippen LogP contribution in [-0.2, 0) is 0 Å². The molecule has 0 saturated heterocycles. The molecule has 0 aliphatic rings. The molecule has 3 aromatic rings. The number of fused-ring (bicyclic) bond motifs is 1. The third kappa shape index (κ3) is 3.96. The molecule has 3 rings (SSSR count). The number of nitrogens with zero attached hydrogens (tertiary/aromatic N) is 4. The van der Waals surface area contributed by atoms with Crippen LogP contribution in [0.4, 0.5) is 5.95 Å². The van der Waals surface area contributed by atoms with Crippen molar-refractivity contribution in [2.75, 3.05) is 32.9 Å². The summed E-state index contributed by atoms with van der Waals surface area (Å²) in [6.07, 6.45) is 2.99. The summed E-state index contributed by atoms with van der Waals surface area (Å²) in [6.45, 7) is 1.90. The molecule has 0 atom stereocenters. The Morgan fingerprint density at radius 1 is 1.17 bits per heavy atom. The molecule has 0 spiro atoms. The van der Waals surface area contributed by atoms with Crippen LogP contribution in [0.15, 0.2) is 40.7 Å². The normalized spacial score (nSPS) is 11.8. The van der Waals surface area contributed by atoms with Gasteiger partial charge in [-0.25, -0.2) is 9.97 Å². The van der Waals surface area contributed by atoms with E-state index in [1.165, 1.54) is 0 Å². The van der Waals surface area contributed by atoms with Crippen LogP contribution in [0.25, 0.3) is 21.5 Å². The van der Waals surface area contributed by atoms with Crippen LogP contribution in [0.2, 0.25) is 0 Å². The molecule has 0 saturated carbocycles. The molecule has 0 radical (unpaired) electrons. The largest absolute Gasteiger partial charge is 0.368 e. The average molecular weight is 339 g/mol. The van der Waals surface area contributed by atoms with Crippen LogP contribution < -0.4 is 5.73 Å². The quantitative estimate of drug-likeness (QED) is 0.553. The van der Waals surface area contributed by atoms with E-state index in [4.69, 9.17) is 5.73 Å². The Labute approximate surface area is 145 Å². The third-order valence-corrected chi connectivity index (χ3v) is 4.55. The van der Waals surface area contributed by atoms with Crippen molar-refractivity contribution in [3.63, 3.8) is 0 Å². The predicted molar refractivity (Wildman–Crippen MR) is 103 cm³/mol. The minimum absolute atomic E-state index is 0.308. The minimum Gasteiger partial charge on any atom is -0.368 e. The van der Waals surface area contributed by atoms with E-state index in [9.17, 15) is 0 Å². The van der Waals surface area contributed by atoms with Gasteiger partial charge in [-0.15, -0.1) is 11.3 Å². The summed E-state index contributed by atoms with van der Waals surface area (Å²) in [4.78, 5) is 15.3. The Hall–Kier alpha value is -2.31. The van der Waals surface area contributed by atoms with Crippen molar-refractivity contribution >= 4 is 33.7 Å². The number of nitrogens with two attached hydrogens (primary N) is 1. The predicted octanol–water partition coefficient (Wildman–Crippen LogP) is 3.31. The van der Waals surface area contributed by atoms with E-state index in [1.807, 2.05) is 17.7 Å². The summed E-state index contributed by atoms with van der Waals surface area (Å²) in [6, 6.07) is 10.2. The maximum Gasteiger partial charge on any atom is 0.221 e. The van der Waals surface area contributed by atoms with Gasteiger partial charge in [-0.1, -0.05) is 24.3 Å². The number of anilines is 1. The SMILES string of the molecule is CN(C)CCCN=Cc1ccc(-c2nc(N)nc3ccsc23)cc1. The highest BCUT2D eigenvalue weighted by Crippen LogP contribution is 2.30. The first-order valence-electron chi connectivity index (χ1n) is 7.89. The van der Waals surface area contributed by atoms with Gasteiger partial charge in [0.05, 0.1) is 15.9 Å². The molecule has 124 valence electrons. The molecule has 5 nitrogen and oxygen atoms in total. The smallest absolute Gasteiger partial charge is 0.221 e. The first kappa shape index (κ1) is 16.5. The summed E-state index contributed by atoms with van der Waals surface area (Å²) in [7, 11) is 4.15. The van der Waals surface area contributed by atoms with E-state index in [0.29, 0.717) is 5.95 Å². The van der Waals surface area contributed by atoms with Crippen LogP contribution in [0.5, 0.6) is 0 Å². The molecule has 0 aliphatic heterocycles. The third-order valence-electron chi connectivity index (χ3n) is 3.64. The van der Waals surface area contributed by atoms with E-state index in [1.54, 1.807) is 11.3 Å². The molecule has 0 fully saturated rings. The highest BCUT2D eigenvalue weighted by Gasteiger charge is 2.09. The maximum absolute atomic E-state index is 5.82. The van der Waals surface area contributed by atoms with Crippen LogP contribution >= 0.6 is 11.3 Å². The van der Waals surface area contributed by atoms with Gasteiger partial charge in [0.1, 0.15) is 0 Å². The first-order valence-corrected chi connectivity index (χ1v) is 8.77. The second-order valence-electron chi connectivity index (χ2n) is 5.88. The topological polar surface area (TPSA) is 67.4 Å². The number of aromatic nitrogens is 2. The van der Waals surface area contributed by atoms with Crippen molar-refractivity contribution in [1.29, 1.82) is 0 Å². The minimum atomic E-state index is 0.308. The Morgan fingerprint density at radius 2 is 1.96 bits per heavy atom. The van der Waals surface area contributed by atoms with E-state index < -0.39 is 0 Å². The summed E-state index contributed by atoms with van der Waals surface area (Å²) in [5.74, 6) is 0.308. The van der Waals surface area contributed by atoms with Crippen LogP contribution in [-0.4, -0.2) is 48.3 Å². The van der Waals surface area contributed by atoms with Crippen molar-refractivity contribution < 1.29 is 0 Å². The van der Waals surface area contributed by atoms with Crippen molar-refractivity contribution in [3.8, 4) is 11.3 Å². The number of hydrogen-bond acceptors (Lipinski definition) is 6. The number of aliphatic imine (C=N–C) groups is 1. The van der Waals surface area contributed by atoms with Crippen LogP contribution in [0.1, 0.15) is 12.0 Å². The molecule has 24 heavy (non-hydrogen) atoms.